The Morgan fingerprint density at radius 2 is 1.77 bits per heavy atom. The molecule has 0 aromatic heterocycles. The molecule has 0 saturated carbocycles. The van der Waals surface area contributed by atoms with Crippen LogP contribution < -0.4 is 0 Å². The third kappa shape index (κ3) is 3.82. The van der Waals surface area contributed by atoms with Gasteiger partial charge >= 0.3 is 11.9 Å². The second-order valence-electron chi connectivity index (χ2n) is 7.92. The fourth-order valence-electron chi connectivity index (χ4n) is 4.93. The van der Waals surface area contributed by atoms with Crippen molar-refractivity contribution in [3.05, 3.63) is 69.7 Å². The van der Waals surface area contributed by atoms with Crippen molar-refractivity contribution >= 4 is 35.1 Å². The van der Waals surface area contributed by atoms with Crippen molar-refractivity contribution in [3.63, 3.8) is 0 Å². The van der Waals surface area contributed by atoms with Crippen LogP contribution in [0.3, 0.4) is 0 Å². The van der Waals surface area contributed by atoms with Crippen molar-refractivity contribution in [2.24, 2.45) is 5.92 Å². The summed E-state index contributed by atoms with van der Waals surface area (Å²) >= 11 is 12.3. The zero-order valence-corrected chi connectivity index (χ0v) is 18.3. The van der Waals surface area contributed by atoms with Crippen LogP contribution in [0.25, 0.3) is 0 Å². The van der Waals surface area contributed by atoms with Crippen LogP contribution in [0.1, 0.15) is 34.7 Å². The second kappa shape index (κ2) is 8.58. The highest BCUT2D eigenvalue weighted by molar-refractivity contribution is 6.42. The number of likely N-dealkylation sites (N-methyl/N-ethyl adjacent to an activating group) is 1. The zero-order valence-electron chi connectivity index (χ0n) is 16.8. The molecule has 2 aliphatic heterocycles. The Hall–Kier alpha value is -2.08. The molecule has 2 saturated heterocycles. The molecule has 5 atom stereocenters. The first kappa shape index (κ1) is 21.2. The molecule has 2 aromatic rings. The molecule has 0 radical (unpaired) electrons. The normalized spacial score (nSPS) is 28.2. The molecule has 2 aliphatic rings. The number of benzene rings is 2. The average Bonchev–Trinajstić information content (AvgIpc) is 2.94. The lowest BCUT2D eigenvalue weighted by Crippen LogP contribution is -2.52. The number of esters is 2. The van der Waals surface area contributed by atoms with E-state index in [-0.39, 0.29) is 29.9 Å². The monoisotopic (exact) mass is 447 g/mol. The third-order valence-corrected chi connectivity index (χ3v) is 7.11. The maximum absolute atomic E-state index is 12.9. The summed E-state index contributed by atoms with van der Waals surface area (Å²) in [5.74, 6) is -1.27. The Kier molecular flexibility index (Phi) is 6.05. The third-order valence-electron chi connectivity index (χ3n) is 6.37. The van der Waals surface area contributed by atoms with E-state index >= 15 is 0 Å². The van der Waals surface area contributed by atoms with E-state index in [2.05, 4.69) is 4.90 Å². The van der Waals surface area contributed by atoms with Gasteiger partial charge in [-0.05, 0) is 43.3 Å². The molecular formula is C23H23Cl2NO4. The molecule has 0 N–H and O–H groups in total. The zero-order chi connectivity index (χ0) is 21.4. The number of halogens is 2. The van der Waals surface area contributed by atoms with Crippen LogP contribution in [0.2, 0.25) is 10.0 Å². The maximum atomic E-state index is 12.9. The summed E-state index contributed by atoms with van der Waals surface area (Å²) in [6.45, 7) is 0. The van der Waals surface area contributed by atoms with Crippen LogP contribution in [-0.4, -0.2) is 49.2 Å². The minimum Gasteiger partial charge on any atom is -0.469 e. The average molecular weight is 448 g/mol. The molecule has 30 heavy (non-hydrogen) atoms. The summed E-state index contributed by atoms with van der Waals surface area (Å²) in [7, 11) is 3.37. The van der Waals surface area contributed by atoms with E-state index in [0.29, 0.717) is 22.0 Å². The number of carbonyl (C=O) groups is 2. The van der Waals surface area contributed by atoms with Crippen LogP contribution in [0, 0.1) is 5.92 Å². The van der Waals surface area contributed by atoms with Gasteiger partial charge in [-0.25, -0.2) is 4.79 Å². The van der Waals surface area contributed by atoms with Crippen LogP contribution >= 0.6 is 23.2 Å². The van der Waals surface area contributed by atoms with E-state index in [0.717, 1.165) is 12.0 Å². The smallest absolute Gasteiger partial charge is 0.338 e. The van der Waals surface area contributed by atoms with E-state index < -0.39 is 12.0 Å². The lowest BCUT2D eigenvalue weighted by molar-refractivity contribution is -0.151. The van der Waals surface area contributed by atoms with E-state index in [1.165, 1.54) is 7.11 Å². The lowest BCUT2D eigenvalue weighted by atomic mass is 9.76. The number of hydrogen-bond donors (Lipinski definition) is 0. The predicted octanol–water partition coefficient (Wildman–Crippen LogP) is 4.57. The molecule has 0 spiro atoms. The van der Waals surface area contributed by atoms with Gasteiger partial charge in [-0.2, -0.15) is 0 Å². The predicted molar refractivity (Wildman–Crippen MR) is 115 cm³/mol. The molecular weight excluding hydrogens is 425 g/mol. The van der Waals surface area contributed by atoms with Crippen molar-refractivity contribution in [3.8, 4) is 0 Å². The first-order chi connectivity index (χ1) is 14.4. The van der Waals surface area contributed by atoms with E-state index in [9.17, 15) is 9.59 Å². The quantitative estimate of drug-likeness (QED) is 0.642. The number of ether oxygens (including phenoxy) is 2. The highest BCUT2D eigenvalue weighted by Crippen LogP contribution is 2.48. The summed E-state index contributed by atoms with van der Waals surface area (Å²) in [6.07, 6.45) is 1.01. The van der Waals surface area contributed by atoms with Gasteiger partial charge < -0.3 is 9.47 Å². The fraction of sp³-hybridized carbons (Fsp3) is 0.391. The van der Waals surface area contributed by atoms with Crippen LogP contribution in [0.4, 0.5) is 0 Å². The summed E-state index contributed by atoms with van der Waals surface area (Å²) in [5.41, 5.74) is 1.44. The van der Waals surface area contributed by atoms with Crippen molar-refractivity contribution in [2.45, 2.75) is 36.9 Å². The molecule has 0 aliphatic carbocycles. The van der Waals surface area contributed by atoms with Gasteiger partial charge in [0.1, 0.15) is 6.10 Å². The lowest BCUT2D eigenvalue weighted by Gasteiger charge is -2.42. The van der Waals surface area contributed by atoms with E-state index in [1.807, 2.05) is 25.2 Å². The van der Waals surface area contributed by atoms with Crippen LogP contribution in [-0.2, 0) is 14.3 Å². The summed E-state index contributed by atoms with van der Waals surface area (Å²) in [6, 6.07) is 14.3. The summed E-state index contributed by atoms with van der Waals surface area (Å²) in [4.78, 5) is 27.7. The SMILES string of the molecule is COC(=O)[C@@H]1C2C(OC(=O)c3ccccc3)CC(C[C@H]1c1ccc(Cl)c(Cl)c1)N2C. The van der Waals surface area contributed by atoms with Crippen LogP contribution in [0.5, 0.6) is 0 Å². The Balaban J connectivity index is 1.65. The Morgan fingerprint density at radius 1 is 1.03 bits per heavy atom. The number of carbonyl (C=O) groups excluding carboxylic acids is 2. The standard InChI is InChI=1S/C23H23Cl2NO4/c1-26-15-11-16(14-8-9-17(24)18(25)10-14)20(23(28)29-2)21(26)19(12-15)30-22(27)13-6-4-3-5-7-13/h3-10,15-16,19-21H,11-12H2,1-2H3/t15?,16-,19?,20-,21?/m0/s1. The maximum Gasteiger partial charge on any atom is 0.338 e. The molecule has 5 nitrogen and oxygen atoms in total. The van der Waals surface area contributed by atoms with Crippen molar-refractivity contribution in [1.29, 1.82) is 0 Å². The van der Waals surface area contributed by atoms with Crippen molar-refractivity contribution < 1.29 is 19.1 Å². The van der Waals surface area contributed by atoms with E-state index in [1.54, 1.807) is 30.3 Å². The van der Waals surface area contributed by atoms with Gasteiger partial charge in [0.15, 0.2) is 0 Å². The molecule has 2 fully saturated rings. The number of fused-ring (bicyclic) bond motifs is 2. The number of nitrogens with zero attached hydrogens (tertiary/aromatic N) is 1. The number of rotatable bonds is 4. The van der Waals surface area contributed by atoms with Gasteiger partial charge in [0.25, 0.3) is 0 Å². The Morgan fingerprint density at radius 3 is 2.43 bits per heavy atom. The minimum atomic E-state index is -0.482. The highest BCUT2D eigenvalue weighted by Gasteiger charge is 2.55. The molecule has 0 amide bonds. The summed E-state index contributed by atoms with van der Waals surface area (Å²) in [5, 5.41) is 0.928. The number of hydrogen-bond acceptors (Lipinski definition) is 5. The Labute approximate surface area is 185 Å². The van der Waals surface area contributed by atoms with Gasteiger partial charge in [0.2, 0.25) is 0 Å². The number of methoxy groups -OCH3 is 1. The fourth-order valence-corrected chi connectivity index (χ4v) is 5.23. The first-order valence-corrected chi connectivity index (χ1v) is 10.7. The molecule has 4 rings (SSSR count). The van der Waals surface area contributed by atoms with Crippen molar-refractivity contribution in [2.75, 3.05) is 14.2 Å². The molecule has 2 bridgehead atoms. The molecule has 3 unspecified atom stereocenters. The first-order valence-electron chi connectivity index (χ1n) is 9.91. The molecule has 7 heteroatoms. The van der Waals surface area contributed by atoms with E-state index in [4.69, 9.17) is 32.7 Å². The minimum absolute atomic E-state index is 0.0983. The topological polar surface area (TPSA) is 55.8 Å². The van der Waals surface area contributed by atoms with Gasteiger partial charge in [0, 0.05) is 18.4 Å². The van der Waals surface area contributed by atoms with Crippen molar-refractivity contribution in [1.82, 2.24) is 4.90 Å². The molecule has 158 valence electrons. The largest absolute Gasteiger partial charge is 0.469 e. The van der Waals surface area contributed by atoms with Gasteiger partial charge in [-0.1, -0.05) is 47.5 Å². The van der Waals surface area contributed by atoms with Gasteiger partial charge in [-0.3, -0.25) is 9.69 Å². The molecule has 2 aromatic carbocycles. The second-order valence-corrected chi connectivity index (χ2v) is 8.73. The van der Waals surface area contributed by atoms with Crippen LogP contribution in [0.15, 0.2) is 48.5 Å². The summed E-state index contributed by atoms with van der Waals surface area (Å²) < 4.78 is 11.1. The highest BCUT2D eigenvalue weighted by atomic mass is 35.5. The van der Waals surface area contributed by atoms with Gasteiger partial charge in [-0.15, -0.1) is 0 Å². The molecule has 2 heterocycles. The number of piperidine rings is 1. The van der Waals surface area contributed by atoms with Gasteiger partial charge in [0.05, 0.1) is 34.7 Å². The Bertz CT molecular complexity index is 951.